The quantitative estimate of drug-likeness (QED) is 0.805. The molecule has 6 heteroatoms. The Bertz CT molecular complexity index is 488. The SMILES string of the molecule is CN(CCCNc1cnc(F)cn1)c1ccccn1. The predicted octanol–water partition coefficient (Wildman–Crippen LogP) is 1.95. The van der Waals surface area contributed by atoms with Crippen molar-refractivity contribution < 1.29 is 4.39 Å². The third-order valence-corrected chi connectivity index (χ3v) is 2.64. The summed E-state index contributed by atoms with van der Waals surface area (Å²) in [5, 5.41) is 3.09. The van der Waals surface area contributed by atoms with Gasteiger partial charge in [0.15, 0.2) is 0 Å². The Morgan fingerprint density at radius 3 is 2.79 bits per heavy atom. The molecule has 0 radical (unpaired) electrons. The third-order valence-electron chi connectivity index (χ3n) is 2.64. The highest BCUT2D eigenvalue weighted by atomic mass is 19.1. The monoisotopic (exact) mass is 261 g/mol. The highest BCUT2D eigenvalue weighted by Gasteiger charge is 2.01. The summed E-state index contributed by atoms with van der Waals surface area (Å²) in [4.78, 5) is 13.8. The first-order chi connectivity index (χ1) is 9.25. The molecule has 2 rings (SSSR count). The van der Waals surface area contributed by atoms with Crippen LogP contribution in [0.3, 0.4) is 0 Å². The minimum atomic E-state index is -0.569. The van der Waals surface area contributed by atoms with E-state index in [4.69, 9.17) is 0 Å². The predicted molar refractivity (Wildman–Crippen MR) is 72.6 cm³/mol. The summed E-state index contributed by atoms with van der Waals surface area (Å²) in [6, 6.07) is 5.83. The Morgan fingerprint density at radius 1 is 1.21 bits per heavy atom. The first kappa shape index (κ1) is 13.2. The van der Waals surface area contributed by atoms with Crippen LogP contribution in [0.1, 0.15) is 6.42 Å². The number of halogens is 1. The second-order valence-electron chi connectivity index (χ2n) is 4.11. The number of rotatable bonds is 6. The molecule has 100 valence electrons. The molecule has 0 aliphatic carbocycles. The van der Waals surface area contributed by atoms with E-state index >= 15 is 0 Å². The van der Waals surface area contributed by atoms with Crippen LogP contribution >= 0.6 is 0 Å². The topological polar surface area (TPSA) is 53.9 Å². The van der Waals surface area contributed by atoms with Crippen molar-refractivity contribution in [2.45, 2.75) is 6.42 Å². The maximum Gasteiger partial charge on any atom is 0.231 e. The summed E-state index contributed by atoms with van der Waals surface area (Å²) >= 11 is 0. The van der Waals surface area contributed by atoms with Crippen molar-refractivity contribution in [2.75, 3.05) is 30.4 Å². The van der Waals surface area contributed by atoms with Gasteiger partial charge in [-0.3, -0.25) is 0 Å². The van der Waals surface area contributed by atoms with Crippen LogP contribution in [0, 0.1) is 5.95 Å². The summed E-state index contributed by atoms with van der Waals surface area (Å²) in [5.74, 6) is 0.964. The minimum Gasteiger partial charge on any atom is -0.369 e. The Balaban J connectivity index is 1.71. The fourth-order valence-corrected chi connectivity index (χ4v) is 1.63. The Kier molecular flexibility index (Phi) is 4.60. The lowest BCUT2D eigenvalue weighted by Gasteiger charge is -2.17. The number of anilines is 2. The molecular formula is C13H16FN5. The zero-order valence-electron chi connectivity index (χ0n) is 10.8. The van der Waals surface area contributed by atoms with E-state index in [9.17, 15) is 4.39 Å². The number of hydrogen-bond donors (Lipinski definition) is 1. The summed E-state index contributed by atoms with van der Waals surface area (Å²) in [5.41, 5.74) is 0. The van der Waals surface area contributed by atoms with E-state index in [1.807, 2.05) is 25.2 Å². The summed E-state index contributed by atoms with van der Waals surface area (Å²) < 4.78 is 12.6. The Morgan fingerprint density at radius 2 is 2.11 bits per heavy atom. The number of nitrogens with zero attached hydrogens (tertiary/aromatic N) is 4. The van der Waals surface area contributed by atoms with Gasteiger partial charge in [-0.05, 0) is 18.6 Å². The van der Waals surface area contributed by atoms with Crippen LogP contribution in [-0.2, 0) is 0 Å². The van der Waals surface area contributed by atoms with E-state index in [2.05, 4.69) is 25.2 Å². The second-order valence-corrected chi connectivity index (χ2v) is 4.11. The number of nitrogens with one attached hydrogen (secondary N) is 1. The summed E-state index contributed by atoms with van der Waals surface area (Å²) in [6.07, 6.45) is 5.18. The van der Waals surface area contributed by atoms with Crippen LogP contribution in [0.4, 0.5) is 16.0 Å². The molecule has 2 aromatic rings. The van der Waals surface area contributed by atoms with Crippen LogP contribution < -0.4 is 10.2 Å². The molecule has 0 aliphatic rings. The van der Waals surface area contributed by atoms with Gasteiger partial charge in [0.2, 0.25) is 5.95 Å². The maximum atomic E-state index is 12.6. The molecule has 0 amide bonds. The molecule has 0 bridgehead atoms. The van der Waals surface area contributed by atoms with Gasteiger partial charge in [-0.2, -0.15) is 4.39 Å². The lowest BCUT2D eigenvalue weighted by molar-refractivity contribution is 0.577. The van der Waals surface area contributed by atoms with Crippen molar-refractivity contribution >= 4 is 11.6 Å². The third kappa shape index (κ3) is 4.17. The van der Waals surface area contributed by atoms with Gasteiger partial charge in [-0.25, -0.2) is 15.0 Å². The molecule has 0 atom stereocenters. The van der Waals surface area contributed by atoms with Crippen LogP contribution in [0.2, 0.25) is 0 Å². The average molecular weight is 261 g/mol. The number of pyridine rings is 1. The summed E-state index contributed by atoms with van der Waals surface area (Å²) in [7, 11) is 2.00. The zero-order valence-corrected chi connectivity index (χ0v) is 10.8. The Labute approximate surface area is 111 Å². The first-order valence-electron chi connectivity index (χ1n) is 6.09. The van der Waals surface area contributed by atoms with E-state index in [0.717, 1.165) is 31.5 Å². The van der Waals surface area contributed by atoms with Gasteiger partial charge < -0.3 is 10.2 Å². The second kappa shape index (κ2) is 6.63. The van der Waals surface area contributed by atoms with Crippen LogP contribution in [0.5, 0.6) is 0 Å². The van der Waals surface area contributed by atoms with Gasteiger partial charge in [-0.15, -0.1) is 0 Å². The van der Waals surface area contributed by atoms with Crippen molar-refractivity contribution in [3.05, 3.63) is 42.7 Å². The molecule has 2 heterocycles. The minimum absolute atomic E-state index is 0.569. The Hall–Kier alpha value is -2.24. The van der Waals surface area contributed by atoms with E-state index in [0.29, 0.717) is 5.82 Å². The van der Waals surface area contributed by atoms with Gasteiger partial charge >= 0.3 is 0 Å². The van der Waals surface area contributed by atoms with Gasteiger partial charge in [0, 0.05) is 26.3 Å². The van der Waals surface area contributed by atoms with Crippen molar-refractivity contribution in [2.24, 2.45) is 0 Å². The molecule has 1 N–H and O–H groups in total. The van der Waals surface area contributed by atoms with Crippen molar-refractivity contribution in [3.63, 3.8) is 0 Å². The van der Waals surface area contributed by atoms with E-state index < -0.39 is 5.95 Å². The molecular weight excluding hydrogens is 245 g/mol. The largest absolute Gasteiger partial charge is 0.369 e. The van der Waals surface area contributed by atoms with Crippen LogP contribution in [0.15, 0.2) is 36.8 Å². The van der Waals surface area contributed by atoms with Gasteiger partial charge in [0.05, 0.1) is 12.4 Å². The van der Waals surface area contributed by atoms with Crippen molar-refractivity contribution in [3.8, 4) is 0 Å². The van der Waals surface area contributed by atoms with Crippen LogP contribution in [0.25, 0.3) is 0 Å². The molecule has 0 spiro atoms. The molecule has 5 nitrogen and oxygen atoms in total. The van der Waals surface area contributed by atoms with E-state index in [-0.39, 0.29) is 0 Å². The number of aromatic nitrogens is 3. The van der Waals surface area contributed by atoms with E-state index in [1.54, 1.807) is 6.20 Å². The van der Waals surface area contributed by atoms with Crippen molar-refractivity contribution in [1.29, 1.82) is 0 Å². The molecule has 0 saturated heterocycles. The lowest BCUT2D eigenvalue weighted by atomic mass is 10.3. The fourth-order valence-electron chi connectivity index (χ4n) is 1.63. The zero-order chi connectivity index (χ0) is 13.5. The molecule has 0 fully saturated rings. The normalized spacial score (nSPS) is 10.2. The first-order valence-corrected chi connectivity index (χ1v) is 6.09. The highest BCUT2D eigenvalue weighted by Crippen LogP contribution is 2.07. The molecule has 19 heavy (non-hydrogen) atoms. The maximum absolute atomic E-state index is 12.6. The van der Waals surface area contributed by atoms with E-state index in [1.165, 1.54) is 6.20 Å². The molecule has 0 saturated carbocycles. The van der Waals surface area contributed by atoms with Gasteiger partial charge in [-0.1, -0.05) is 6.07 Å². The fraction of sp³-hybridized carbons (Fsp3) is 0.308. The molecule has 0 aromatic carbocycles. The van der Waals surface area contributed by atoms with Crippen LogP contribution in [-0.4, -0.2) is 35.1 Å². The average Bonchev–Trinajstić information content (AvgIpc) is 2.46. The number of hydrogen-bond acceptors (Lipinski definition) is 5. The standard InChI is InChI=1S/C13H16FN5/c1-19(13-5-2-3-6-16-13)8-4-7-15-12-10-17-11(14)9-18-12/h2-3,5-6,9-10H,4,7-8H2,1H3,(H,15,18). The summed E-state index contributed by atoms with van der Waals surface area (Å²) in [6.45, 7) is 1.62. The van der Waals surface area contributed by atoms with Gasteiger partial charge in [0.1, 0.15) is 11.6 Å². The molecule has 0 aliphatic heterocycles. The van der Waals surface area contributed by atoms with Crippen molar-refractivity contribution in [1.82, 2.24) is 15.0 Å². The smallest absolute Gasteiger partial charge is 0.231 e. The van der Waals surface area contributed by atoms with Gasteiger partial charge in [0.25, 0.3) is 0 Å². The lowest BCUT2D eigenvalue weighted by Crippen LogP contribution is -2.21. The highest BCUT2D eigenvalue weighted by molar-refractivity contribution is 5.36. The molecule has 0 unspecified atom stereocenters. The molecule has 2 aromatic heterocycles.